The van der Waals surface area contributed by atoms with E-state index >= 15 is 0 Å². The predicted molar refractivity (Wildman–Crippen MR) is 118 cm³/mol. The zero-order valence-corrected chi connectivity index (χ0v) is 19.3. The summed E-state index contributed by atoms with van der Waals surface area (Å²) < 4.78 is 28.0. The van der Waals surface area contributed by atoms with E-state index in [0.717, 1.165) is 41.2 Å². The number of nitrogens with one attached hydrogen (secondary N) is 1. The zero-order valence-electron chi connectivity index (χ0n) is 18.5. The van der Waals surface area contributed by atoms with Crippen LogP contribution in [0, 0.1) is 13.8 Å². The van der Waals surface area contributed by atoms with Crippen molar-refractivity contribution >= 4 is 21.7 Å². The summed E-state index contributed by atoms with van der Waals surface area (Å²) in [5.41, 5.74) is 3.74. The number of hydrogen-bond donors (Lipinski definition) is 1. The molecule has 0 spiro atoms. The highest BCUT2D eigenvalue weighted by atomic mass is 32.2. The SMILES string of the molecule is CNc1nc([C@@H]2CCN(C(C)=O)C2)nc2c1CN(S(=O)(=O)c1ccc(C)c(C)c1)CC2. The number of aryl methyl sites for hydroxylation is 2. The molecule has 2 aliphatic heterocycles. The van der Waals surface area contributed by atoms with Gasteiger partial charge in [-0.2, -0.15) is 4.31 Å². The van der Waals surface area contributed by atoms with Gasteiger partial charge in [-0.3, -0.25) is 4.79 Å². The van der Waals surface area contributed by atoms with E-state index in [0.29, 0.717) is 30.2 Å². The summed E-state index contributed by atoms with van der Waals surface area (Å²) in [4.78, 5) is 23.3. The Kier molecular flexibility index (Phi) is 5.74. The van der Waals surface area contributed by atoms with Crippen molar-refractivity contribution in [2.24, 2.45) is 0 Å². The van der Waals surface area contributed by atoms with Gasteiger partial charge in [-0.15, -0.1) is 0 Å². The van der Waals surface area contributed by atoms with Crippen LogP contribution in [0.3, 0.4) is 0 Å². The second-order valence-corrected chi connectivity index (χ2v) is 10.3. The lowest BCUT2D eigenvalue weighted by molar-refractivity contribution is -0.127. The molecule has 1 aromatic heterocycles. The molecule has 9 heteroatoms. The number of sulfonamides is 1. The number of benzene rings is 1. The number of aromatic nitrogens is 2. The summed E-state index contributed by atoms with van der Waals surface area (Å²) in [6.07, 6.45) is 1.38. The number of carbonyl (C=O) groups excluding carboxylic acids is 1. The minimum Gasteiger partial charge on any atom is -0.373 e. The van der Waals surface area contributed by atoms with E-state index in [1.807, 2.05) is 24.8 Å². The number of hydrogen-bond acceptors (Lipinski definition) is 6. The molecule has 4 rings (SSSR count). The third-order valence-electron chi connectivity index (χ3n) is 6.39. The van der Waals surface area contributed by atoms with Crippen molar-refractivity contribution in [1.29, 1.82) is 0 Å². The highest BCUT2D eigenvalue weighted by Crippen LogP contribution is 2.32. The molecule has 166 valence electrons. The Labute approximate surface area is 183 Å². The first-order valence-corrected chi connectivity index (χ1v) is 12.0. The molecule has 1 N–H and O–H groups in total. The van der Waals surface area contributed by atoms with E-state index in [-0.39, 0.29) is 18.4 Å². The monoisotopic (exact) mass is 443 g/mol. The van der Waals surface area contributed by atoms with Gasteiger partial charge in [0.2, 0.25) is 15.9 Å². The molecule has 0 aliphatic carbocycles. The number of carbonyl (C=O) groups is 1. The normalized spacial score (nSPS) is 19.4. The number of fused-ring (bicyclic) bond motifs is 1. The quantitative estimate of drug-likeness (QED) is 0.779. The van der Waals surface area contributed by atoms with E-state index in [2.05, 4.69) is 5.32 Å². The van der Waals surface area contributed by atoms with Gasteiger partial charge in [-0.05, 0) is 43.5 Å². The first-order chi connectivity index (χ1) is 14.7. The van der Waals surface area contributed by atoms with Crippen molar-refractivity contribution in [2.75, 3.05) is 32.0 Å². The van der Waals surface area contributed by atoms with Gasteiger partial charge in [0.1, 0.15) is 11.6 Å². The van der Waals surface area contributed by atoms with Crippen molar-refractivity contribution in [2.45, 2.75) is 51.0 Å². The van der Waals surface area contributed by atoms with Gasteiger partial charge < -0.3 is 10.2 Å². The Morgan fingerprint density at radius 3 is 2.58 bits per heavy atom. The Hall–Kier alpha value is -2.52. The Morgan fingerprint density at radius 2 is 1.94 bits per heavy atom. The van der Waals surface area contributed by atoms with Gasteiger partial charge in [0.25, 0.3) is 0 Å². The summed E-state index contributed by atoms with van der Waals surface area (Å²) in [7, 11) is -1.81. The maximum Gasteiger partial charge on any atom is 0.243 e. The molecular weight excluding hydrogens is 414 g/mol. The van der Waals surface area contributed by atoms with Gasteiger partial charge >= 0.3 is 0 Å². The zero-order chi connectivity index (χ0) is 22.3. The van der Waals surface area contributed by atoms with Crippen LogP contribution in [0.2, 0.25) is 0 Å². The minimum atomic E-state index is -3.61. The van der Waals surface area contributed by atoms with E-state index < -0.39 is 10.0 Å². The van der Waals surface area contributed by atoms with Crippen molar-refractivity contribution < 1.29 is 13.2 Å². The number of anilines is 1. The first kappa shape index (κ1) is 21.7. The molecule has 1 fully saturated rings. The largest absolute Gasteiger partial charge is 0.373 e. The predicted octanol–water partition coefficient (Wildman–Crippen LogP) is 2.22. The highest BCUT2D eigenvalue weighted by Gasteiger charge is 2.33. The van der Waals surface area contributed by atoms with Crippen molar-refractivity contribution in [1.82, 2.24) is 19.2 Å². The van der Waals surface area contributed by atoms with Crippen LogP contribution in [0.5, 0.6) is 0 Å². The number of amides is 1. The fourth-order valence-electron chi connectivity index (χ4n) is 4.28. The molecule has 0 radical (unpaired) electrons. The van der Waals surface area contributed by atoms with Crippen LogP contribution < -0.4 is 5.32 Å². The third-order valence-corrected chi connectivity index (χ3v) is 8.24. The molecule has 2 aliphatic rings. The Balaban J connectivity index is 1.62. The van der Waals surface area contributed by atoms with Crippen LogP contribution in [0.4, 0.5) is 5.82 Å². The average Bonchev–Trinajstić information content (AvgIpc) is 3.25. The molecule has 1 aromatic carbocycles. The fourth-order valence-corrected chi connectivity index (χ4v) is 5.78. The molecule has 0 unspecified atom stereocenters. The number of likely N-dealkylation sites (tertiary alicyclic amines) is 1. The van der Waals surface area contributed by atoms with Gasteiger partial charge in [-0.1, -0.05) is 6.07 Å². The smallest absolute Gasteiger partial charge is 0.243 e. The lowest BCUT2D eigenvalue weighted by atomic mass is 10.0. The van der Waals surface area contributed by atoms with E-state index in [4.69, 9.17) is 9.97 Å². The van der Waals surface area contributed by atoms with Gasteiger partial charge in [0.05, 0.1) is 10.6 Å². The highest BCUT2D eigenvalue weighted by molar-refractivity contribution is 7.89. The molecule has 31 heavy (non-hydrogen) atoms. The molecule has 3 heterocycles. The third kappa shape index (κ3) is 4.04. The van der Waals surface area contributed by atoms with E-state index in [9.17, 15) is 13.2 Å². The summed E-state index contributed by atoms with van der Waals surface area (Å²) in [6, 6.07) is 5.26. The van der Waals surface area contributed by atoms with Crippen LogP contribution in [-0.4, -0.2) is 60.2 Å². The Bertz CT molecular complexity index is 1110. The summed E-state index contributed by atoms with van der Waals surface area (Å²) >= 11 is 0. The van der Waals surface area contributed by atoms with Crippen LogP contribution in [0.15, 0.2) is 23.1 Å². The Morgan fingerprint density at radius 1 is 1.16 bits per heavy atom. The molecule has 1 amide bonds. The molecule has 1 saturated heterocycles. The summed E-state index contributed by atoms with van der Waals surface area (Å²) in [6.45, 7) is 7.44. The van der Waals surface area contributed by atoms with Crippen molar-refractivity contribution in [3.05, 3.63) is 46.4 Å². The molecule has 8 nitrogen and oxygen atoms in total. The van der Waals surface area contributed by atoms with Crippen molar-refractivity contribution in [3.63, 3.8) is 0 Å². The maximum absolute atomic E-state index is 13.3. The summed E-state index contributed by atoms with van der Waals surface area (Å²) in [5, 5.41) is 3.13. The molecule has 2 aromatic rings. The van der Waals surface area contributed by atoms with E-state index in [1.165, 1.54) is 4.31 Å². The van der Waals surface area contributed by atoms with Crippen LogP contribution >= 0.6 is 0 Å². The molecule has 0 bridgehead atoms. The lowest BCUT2D eigenvalue weighted by Crippen LogP contribution is -2.37. The average molecular weight is 444 g/mol. The van der Waals surface area contributed by atoms with E-state index in [1.54, 1.807) is 26.1 Å². The summed E-state index contributed by atoms with van der Waals surface area (Å²) in [5.74, 6) is 1.58. The van der Waals surface area contributed by atoms with Gasteiger partial charge in [0, 0.05) is 58.1 Å². The van der Waals surface area contributed by atoms with Crippen LogP contribution in [0.1, 0.15) is 47.5 Å². The second-order valence-electron chi connectivity index (χ2n) is 8.39. The second kappa shape index (κ2) is 8.20. The van der Waals surface area contributed by atoms with Crippen LogP contribution in [-0.2, 0) is 27.8 Å². The molecular formula is C22H29N5O3S. The first-order valence-electron chi connectivity index (χ1n) is 10.6. The molecule has 1 atom stereocenters. The number of nitrogens with zero attached hydrogens (tertiary/aromatic N) is 4. The standard InChI is InChI=1S/C22H29N5O3S/c1-14-5-6-18(11-15(14)2)31(29,30)27-10-8-20-19(13-27)22(23-4)25-21(24-20)17-7-9-26(12-17)16(3)28/h5-6,11,17H,7-10,12-13H2,1-4H3,(H,23,24,25)/t17-/m1/s1. The van der Waals surface area contributed by atoms with Gasteiger partial charge in [0.15, 0.2) is 0 Å². The minimum absolute atomic E-state index is 0.0708. The van der Waals surface area contributed by atoms with Crippen LogP contribution in [0.25, 0.3) is 0 Å². The van der Waals surface area contributed by atoms with Gasteiger partial charge in [-0.25, -0.2) is 18.4 Å². The van der Waals surface area contributed by atoms with Crippen molar-refractivity contribution in [3.8, 4) is 0 Å². The lowest BCUT2D eigenvalue weighted by Gasteiger charge is -2.29. The molecule has 0 saturated carbocycles. The number of rotatable bonds is 4. The fraction of sp³-hybridized carbons (Fsp3) is 0.500. The maximum atomic E-state index is 13.3. The topological polar surface area (TPSA) is 95.5 Å².